The maximum Gasteiger partial charge on any atom is 0.0730 e. The van der Waals surface area contributed by atoms with Crippen molar-refractivity contribution in [1.29, 1.82) is 0 Å². The van der Waals surface area contributed by atoms with Gasteiger partial charge in [-0.15, -0.1) is 0 Å². The zero-order chi connectivity index (χ0) is 6.69. The molecule has 48 valence electrons. The molecule has 0 saturated carbocycles. The summed E-state index contributed by atoms with van der Waals surface area (Å²) < 4.78 is 0. The van der Waals surface area contributed by atoms with Crippen molar-refractivity contribution in [2.24, 2.45) is 0 Å². The molecule has 9 heavy (non-hydrogen) atoms. The Morgan fingerprint density at radius 2 is 2.00 bits per heavy atom. The van der Waals surface area contributed by atoms with Gasteiger partial charge in [0.1, 0.15) is 0 Å². The molecule has 0 radical (unpaired) electrons. The number of nitrogens with zero attached hydrogens (tertiary/aromatic N) is 2. The third-order valence-corrected chi connectivity index (χ3v) is 1.20. The van der Waals surface area contributed by atoms with E-state index >= 15 is 0 Å². The summed E-state index contributed by atoms with van der Waals surface area (Å²) in [6.45, 7) is 1.99. The number of nitrogens with one attached hydrogen (secondary N) is 1. The molecule has 3 nitrogen and oxygen atoms in total. The quantitative estimate of drug-likeness (QED) is 0.601. The summed E-state index contributed by atoms with van der Waals surface area (Å²) in [5.41, 5.74) is 2.15. The Bertz CT molecular complexity index is 197. The second-order valence-corrected chi connectivity index (χ2v) is 1.84. The number of aromatic nitrogens is 2. The first kappa shape index (κ1) is 6.01. The maximum atomic E-state index is 3.70. The van der Waals surface area contributed by atoms with Crippen molar-refractivity contribution in [2.75, 3.05) is 12.4 Å². The maximum absolute atomic E-state index is 3.70. The van der Waals surface area contributed by atoms with Crippen LogP contribution in [0.15, 0.2) is 12.4 Å². The molecule has 0 aliphatic carbocycles. The fourth-order valence-electron chi connectivity index (χ4n) is 0.644. The Morgan fingerprint density at radius 3 is 2.44 bits per heavy atom. The molecule has 1 rings (SSSR count). The third-order valence-electron chi connectivity index (χ3n) is 1.20. The topological polar surface area (TPSA) is 37.8 Å². The standard InChI is InChI=1S/C6H9N3/c1-5-3-8-9-4-6(5)7-2/h3-4H,1-2H3,(H,7,8). The van der Waals surface area contributed by atoms with E-state index in [0.29, 0.717) is 0 Å². The fraction of sp³-hybridized carbons (Fsp3) is 0.333. The first-order valence-corrected chi connectivity index (χ1v) is 2.79. The van der Waals surface area contributed by atoms with Gasteiger partial charge >= 0.3 is 0 Å². The lowest BCUT2D eigenvalue weighted by atomic mass is 10.3. The largest absolute Gasteiger partial charge is 0.387 e. The van der Waals surface area contributed by atoms with Gasteiger partial charge in [-0.1, -0.05) is 0 Å². The van der Waals surface area contributed by atoms with Crippen LogP contribution in [0.2, 0.25) is 0 Å². The highest BCUT2D eigenvalue weighted by Crippen LogP contribution is 2.07. The molecular formula is C6H9N3. The van der Waals surface area contributed by atoms with Crippen molar-refractivity contribution in [3.8, 4) is 0 Å². The molecule has 0 atom stereocenters. The molecule has 0 aliphatic heterocycles. The second-order valence-electron chi connectivity index (χ2n) is 1.84. The van der Waals surface area contributed by atoms with Crippen molar-refractivity contribution in [1.82, 2.24) is 10.2 Å². The van der Waals surface area contributed by atoms with Gasteiger partial charge in [0.25, 0.3) is 0 Å². The summed E-state index contributed by atoms with van der Waals surface area (Å²) in [5, 5.41) is 10.4. The molecule has 1 aromatic rings. The Morgan fingerprint density at radius 1 is 1.33 bits per heavy atom. The third kappa shape index (κ3) is 1.16. The summed E-state index contributed by atoms with van der Waals surface area (Å²) in [5.74, 6) is 0. The van der Waals surface area contributed by atoms with Crippen molar-refractivity contribution in [3.63, 3.8) is 0 Å². The van der Waals surface area contributed by atoms with E-state index in [2.05, 4.69) is 15.5 Å². The summed E-state index contributed by atoms with van der Waals surface area (Å²) in [7, 11) is 1.87. The zero-order valence-corrected chi connectivity index (χ0v) is 5.55. The minimum atomic E-state index is 1.03. The first-order valence-electron chi connectivity index (χ1n) is 2.79. The SMILES string of the molecule is CNc1cnncc1C. The molecule has 0 fully saturated rings. The van der Waals surface area contributed by atoms with Crippen LogP contribution in [0.25, 0.3) is 0 Å². The van der Waals surface area contributed by atoms with Gasteiger partial charge in [0, 0.05) is 7.05 Å². The summed E-state index contributed by atoms with van der Waals surface area (Å²) >= 11 is 0. The van der Waals surface area contributed by atoms with Gasteiger partial charge in [0.15, 0.2) is 0 Å². The minimum Gasteiger partial charge on any atom is -0.387 e. The van der Waals surface area contributed by atoms with Gasteiger partial charge in [-0.25, -0.2) is 0 Å². The van der Waals surface area contributed by atoms with Crippen LogP contribution in [0.5, 0.6) is 0 Å². The Kier molecular flexibility index (Phi) is 1.63. The van der Waals surface area contributed by atoms with Crippen LogP contribution in [0, 0.1) is 6.92 Å². The summed E-state index contributed by atoms with van der Waals surface area (Å²) in [6, 6.07) is 0. The van der Waals surface area contributed by atoms with E-state index < -0.39 is 0 Å². The molecule has 0 aromatic carbocycles. The van der Waals surface area contributed by atoms with E-state index in [4.69, 9.17) is 0 Å². The van der Waals surface area contributed by atoms with Gasteiger partial charge in [0.05, 0.1) is 18.1 Å². The normalized spacial score (nSPS) is 9.11. The van der Waals surface area contributed by atoms with Crippen molar-refractivity contribution >= 4 is 5.69 Å². The smallest absolute Gasteiger partial charge is 0.0730 e. The Balaban J connectivity index is 3.01. The monoisotopic (exact) mass is 123 g/mol. The lowest BCUT2D eigenvalue weighted by molar-refractivity contribution is 1.01. The fourth-order valence-corrected chi connectivity index (χ4v) is 0.644. The number of rotatable bonds is 1. The lowest BCUT2D eigenvalue weighted by Gasteiger charge is -1.99. The van der Waals surface area contributed by atoms with E-state index in [9.17, 15) is 0 Å². The molecule has 1 aromatic heterocycles. The van der Waals surface area contributed by atoms with Crippen molar-refractivity contribution in [3.05, 3.63) is 18.0 Å². The highest BCUT2D eigenvalue weighted by Gasteiger charge is 1.90. The van der Waals surface area contributed by atoms with Crippen LogP contribution in [-0.2, 0) is 0 Å². The van der Waals surface area contributed by atoms with Gasteiger partial charge < -0.3 is 5.32 Å². The molecule has 1 heterocycles. The van der Waals surface area contributed by atoms with Gasteiger partial charge in [0.2, 0.25) is 0 Å². The number of aryl methyl sites for hydroxylation is 1. The predicted molar refractivity (Wildman–Crippen MR) is 36.3 cm³/mol. The number of hydrogen-bond acceptors (Lipinski definition) is 3. The Labute approximate surface area is 54.1 Å². The van der Waals surface area contributed by atoms with Gasteiger partial charge in [-0.05, 0) is 12.5 Å². The van der Waals surface area contributed by atoms with Crippen LogP contribution < -0.4 is 5.32 Å². The molecule has 1 N–H and O–H groups in total. The lowest BCUT2D eigenvalue weighted by Crippen LogP contribution is -1.93. The summed E-state index contributed by atoms with van der Waals surface area (Å²) in [6.07, 6.45) is 3.43. The first-order chi connectivity index (χ1) is 4.34. The average Bonchev–Trinajstić information content (AvgIpc) is 1.89. The van der Waals surface area contributed by atoms with Crippen LogP contribution in [0.1, 0.15) is 5.56 Å². The predicted octanol–water partition coefficient (Wildman–Crippen LogP) is 0.827. The molecule has 0 bridgehead atoms. The van der Waals surface area contributed by atoms with Crippen molar-refractivity contribution in [2.45, 2.75) is 6.92 Å². The van der Waals surface area contributed by atoms with Gasteiger partial charge in [-0.2, -0.15) is 10.2 Å². The molecule has 0 aliphatic rings. The minimum absolute atomic E-state index is 1.03. The highest BCUT2D eigenvalue weighted by molar-refractivity contribution is 5.45. The average molecular weight is 123 g/mol. The number of anilines is 1. The van der Waals surface area contributed by atoms with Crippen LogP contribution in [0.4, 0.5) is 5.69 Å². The molecule has 0 amide bonds. The molecule has 0 spiro atoms. The van der Waals surface area contributed by atoms with E-state index in [1.807, 2.05) is 14.0 Å². The zero-order valence-electron chi connectivity index (χ0n) is 5.55. The summed E-state index contributed by atoms with van der Waals surface area (Å²) in [4.78, 5) is 0. The second kappa shape index (κ2) is 2.44. The molecule has 0 saturated heterocycles. The van der Waals surface area contributed by atoms with Crippen molar-refractivity contribution < 1.29 is 0 Å². The Hall–Kier alpha value is -1.12. The van der Waals surface area contributed by atoms with Gasteiger partial charge in [-0.3, -0.25) is 0 Å². The van der Waals surface area contributed by atoms with E-state index in [1.54, 1.807) is 12.4 Å². The van der Waals surface area contributed by atoms with Crippen LogP contribution in [0.3, 0.4) is 0 Å². The van der Waals surface area contributed by atoms with Crippen LogP contribution >= 0.6 is 0 Å². The van der Waals surface area contributed by atoms with E-state index in [-0.39, 0.29) is 0 Å². The molecular weight excluding hydrogens is 114 g/mol. The van der Waals surface area contributed by atoms with E-state index in [0.717, 1.165) is 11.3 Å². The van der Waals surface area contributed by atoms with E-state index in [1.165, 1.54) is 0 Å². The highest BCUT2D eigenvalue weighted by atomic mass is 15.1. The molecule has 3 heteroatoms. The van der Waals surface area contributed by atoms with Crippen LogP contribution in [-0.4, -0.2) is 17.2 Å². The molecule has 0 unspecified atom stereocenters. The number of hydrogen-bond donors (Lipinski definition) is 1.